The van der Waals surface area contributed by atoms with E-state index < -0.39 is 17.1 Å². The van der Waals surface area contributed by atoms with Crippen molar-refractivity contribution in [2.45, 2.75) is 37.8 Å². The largest absolute Gasteiger partial charge is 0.386 e. The van der Waals surface area contributed by atoms with E-state index in [2.05, 4.69) is 0 Å². The van der Waals surface area contributed by atoms with Crippen LogP contribution in [0.2, 0.25) is 0 Å². The minimum absolute atomic E-state index is 0.0912. The fourth-order valence-corrected chi connectivity index (χ4v) is 2.76. The molecule has 5 nitrogen and oxygen atoms in total. The summed E-state index contributed by atoms with van der Waals surface area (Å²) in [6.45, 7) is 0. The highest BCUT2D eigenvalue weighted by Gasteiger charge is 2.41. The van der Waals surface area contributed by atoms with Gasteiger partial charge in [-0.15, -0.1) is 0 Å². The van der Waals surface area contributed by atoms with E-state index in [-0.39, 0.29) is 18.1 Å². The van der Waals surface area contributed by atoms with Gasteiger partial charge in [0, 0.05) is 22.8 Å². The molecule has 1 fully saturated rings. The van der Waals surface area contributed by atoms with E-state index in [0.29, 0.717) is 18.4 Å². The summed E-state index contributed by atoms with van der Waals surface area (Å²) < 4.78 is 0. The molecule has 5 heteroatoms. The SMILES string of the molecule is O=C(C[C@H]1CCC[C@@H](O)[C@H]1[N+](=O)[O-])c1ccccc1. The topological polar surface area (TPSA) is 80.4 Å². The Morgan fingerprint density at radius 3 is 2.63 bits per heavy atom. The highest BCUT2D eigenvalue weighted by molar-refractivity contribution is 5.96. The molecule has 3 atom stereocenters. The molecule has 1 aliphatic rings. The van der Waals surface area contributed by atoms with Crippen LogP contribution in [0, 0.1) is 16.0 Å². The van der Waals surface area contributed by atoms with Gasteiger partial charge in [0.15, 0.2) is 5.78 Å². The smallest absolute Gasteiger partial charge is 0.241 e. The number of hydrogen-bond acceptors (Lipinski definition) is 4. The second kappa shape index (κ2) is 5.93. The molecular formula is C14H17NO4. The molecule has 19 heavy (non-hydrogen) atoms. The van der Waals surface area contributed by atoms with E-state index in [1.165, 1.54) is 0 Å². The van der Waals surface area contributed by atoms with Gasteiger partial charge in [0.1, 0.15) is 6.10 Å². The van der Waals surface area contributed by atoms with Gasteiger partial charge in [0.05, 0.1) is 0 Å². The van der Waals surface area contributed by atoms with Crippen molar-refractivity contribution in [1.29, 1.82) is 0 Å². The number of carbonyl (C=O) groups excluding carboxylic acids is 1. The first kappa shape index (κ1) is 13.7. The maximum Gasteiger partial charge on any atom is 0.241 e. The summed E-state index contributed by atoms with van der Waals surface area (Å²) in [4.78, 5) is 22.7. The lowest BCUT2D eigenvalue weighted by Crippen LogP contribution is -2.44. The Labute approximate surface area is 111 Å². The average molecular weight is 263 g/mol. The van der Waals surface area contributed by atoms with Gasteiger partial charge in [-0.05, 0) is 12.8 Å². The second-order valence-electron chi connectivity index (χ2n) is 5.03. The van der Waals surface area contributed by atoms with Gasteiger partial charge >= 0.3 is 0 Å². The van der Waals surface area contributed by atoms with E-state index >= 15 is 0 Å². The van der Waals surface area contributed by atoms with Crippen LogP contribution in [0.1, 0.15) is 36.0 Å². The lowest BCUT2D eigenvalue weighted by atomic mass is 9.79. The first-order chi connectivity index (χ1) is 9.09. The normalized spacial score (nSPS) is 26.9. The van der Waals surface area contributed by atoms with Gasteiger partial charge in [-0.3, -0.25) is 14.9 Å². The summed E-state index contributed by atoms with van der Waals surface area (Å²) in [7, 11) is 0. The fourth-order valence-electron chi connectivity index (χ4n) is 2.76. The number of benzene rings is 1. The minimum Gasteiger partial charge on any atom is -0.386 e. The molecule has 102 valence electrons. The van der Waals surface area contributed by atoms with Crippen molar-refractivity contribution >= 4 is 5.78 Å². The molecule has 1 aromatic rings. The number of nitrogens with zero attached hydrogens (tertiary/aromatic N) is 1. The zero-order valence-electron chi connectivity index (χ0n) is 10.6. The fraction of sp³-hybridized carbons (Fsp3) is 0.500. The Morgan fingerprint density at radius 1 is 1.32 bits per heavy atom. The van der Waals surface area contributed by atoms with Crippen molar-refractivity contribution in [3.63, 3.8) is 0 Å². The molecule has 0 heterocycles. The van der Waals surface area contributed by atoms with Crippen molar-refractivity contribution in [3.05, 3.63) is 46.0 Å². The van der Waals surface area contributed by atoms with Gasteiger partial charge in [-0.2, -0.15) is 0 Å². The van der Waals surface area contributed by atoms with Crippen LogP contribution in [-0.4, -0.2) is 28.0 Å². The molecule has 0 aliphatic heterocycles. The van der Waals surface area contributed by atoms with E-state index in [1.807, 2.05) is 6.07 Å². The predicted octanol–water partition coefficient (Wildman–Crippen LogP) is 2.07. The van der Waals surface area contributed by atoms with E-state index in [9.17, 15) is 20.0 Å². The number of ketones is 1. The molecule has 1 saturated carbocycles. The van der Waals surface area contributed by atoms with E-state index in [4.69, 9.17) is 0 Å². The van der Waals surface area contributed by atoms with Gasteiger partial charge in [-0.1, -0.05) is 36.8 Å². The molecule has 0 saturated heterocycles. The lowest BCUT2D eigenvalue weighted by Gasteiger charge is -2.28. The van der Waals surface area contributed by atoms with Crippen molar-refractivity contribution in [2.75, 3.05) is 0 Å². The first-order valence-electron chi connectivity index (χ1n) is 6.49. The van der Waals surface area contributed by atoms with Crippen LogP contribution in [-0.2, 0) is 0 Å². The third-order valence-electron chi connectivity index (χ3n) is 3.74. The molecule has 0 amide bonds. The Bertz CT molecular complexity index is 460. The van der Waals surface area contributed by atoms with Crippen molar-refractivity contribution in [1.82, 2.24) is 0 Å². The molecular weight excluding hydrogens is 246 g/mol. The van der Waals surface area contributed by atoms with E-state index in [1.54, 1.807) is 24.3 Å². The van der Waals surface area contributed by atoms with Crippen LogP contribution in [0.4, 0.5) is 0 Å². The summed E-state index contributed by atoms with van der Waals surface area (Å²) in [5.74, 6) is -0.460. The minimum atomic E-state index is -1.01. The van der Waals surface area contributed by atoms with Crippen LogP contribution in [0.25, 0.3) is 0 Å². The maximum atomic E-state index is 12.1. The summed E-state index contributed by atoms with van der Waals surface area (Å²) in [5.41, 5.74) is 0.574. The Morgan fingerprint density at radius 2 is 2.00 bits per heavy atom. The molecule has 0 spiro atoms. The summed E-state index contributed by atoms with van der Waals surface area (Å²) >= 11 is 0. The molecule has 0 radical (unpaired) electrons. The Hall–Kier alpha value is -1.75. The monoisotopic (exact) mass is 263 g/mol. The van der Waals surface area contributed by atoms with Crippen molar-refractivity contribution in [3.8, 4) is 0 Å². The first-order valence-corrected chi connectivity index (χ1v) is 6.49. The summed E-state index contributed by atoms with van der Waals surface area (Å²) in [6.07, 6.45) is 1.01. The van der Waals surface area contributed by atoms with Crippen molar-refractivity contribution in [2.24, 2.45) is 5.92 Å². The van der Waals surface area contributed by atoms with Crippen LogP contribution < -0.4 is 0 Å². The summed E-state index contributed by atoms with van der Waals surface area (Å²) in [5, 5.41) is 20.8. The van der Waals surface area contributed by atoms with Crippen LogP contribution in [0.3, 0.4) is 0 Å². The van der Waals surface area contributed by atoms with Crippen LogP contribution in [0.15, 0.2) is 30.3 Å². The third-order valence-corrected chi connectivity index (χ3v) is 3.74. The van der Waals surface area contributed by atoms with Gasteiger partial charge in [0.25, 0.3) is 0 Å². The highest BCUT2D eigenvalue weighted by atomic mass is 16.6. The standard InChI is InChI=1S/C14H17NO4/c16-12-8-4-7-11(14(12)15(18)19)9-13(17)10-5-2-1-3-6-10/h1-3,5-6,11-12,14,16H,4,7-9H2/t11-,12-,14+/m1/s1. The lowest BCUT2D eigenvalue weighted by molar-refractivity contribution is -0.547. The number of aliphatic hydroxyl groups is 1. The summed E-state index contributed by atoms with van der Waals surface area (Å²) in [6, 6.07) is 7.77. The van der Waals surface area contributed by atoms with E-state index in [0.717, 1.165) is 6.42 Å². The van der Waals surface area contributed by atoms with Crippen LogP contribution >= 0.6 is 0 Å². The Balaban J connectivity index is 2.08. The molecule has 0 unspecified atom stereocenters. The molecule has 2 rings (SSSR count). The number of carbonyl (C=O) groups is 1. The number of rotatable bonds is 4. The van der Waals surface area contributed by atoms with Gasteiger partial charge in [0.2, 0.25) is 6.04 Å². The van der Waals surface area contributed by atoms with Gasteiger partial charge in [-0.25, -0.2) is 0 Å². The highest BCUT2D eigenvalue weighted by Crippen LogP contribution is 2.30. The number of nitro groups is 1. The molecule has 0 aromatic heterocycles. The molecule has 0 bridgehead atoms. The van der Waals surface area contributed by atoms with Crippen LogP contribution in [0.5, 0.6) is 0 Å². The second-order valence-corrected chi connectivity index (χ2v) is 5.03. The third kappa shape index (κ3) is 3.17. The number of Topliss-reactive ketones (excluding diaryl/α,β-unsaturated/α-hetero) is 1. The number of hydrogen-bond donors (Lipinski definition) is 1. The molecule has 1 aliphatic carbocycles. The Kier molecular flexibility index (Phi) is 4.27. The zero-order valence-corrected chi connectivity index (χ0v) is 10.6. The maximum absolute atomic E-state index is 12.1. The predicted molar refractivity (Wildman–Crippen MR) is 69.5 cm³/mol. The zero-order chi connectivity index (χ0) is 13.8. The average Bonchev–Trinajstić information content (AvgIpc) is 2.39. The van der Waals surface area contributed by atoms with Crippen molar-refractivity contribution < 1.29 is 14.8 Å². The molecule has 1 aromatic carbocycles. The quantitative estimate of drug-likeness (QED) is 0.512. The molecule has 1 N–H and O–H groups in total. The van der Waals surface area contributed by atoms with Gasteiger partial charge < -0.3 is 5.11 Å². The number of aliphatic hydroxyl groups excluding tert-OH is 1.